The van der Waals surface area contributed by atoms with Crippen molar-refractivity contribution in [3.8, 4) is 5.82 Å². The van der Waals surface area contributed by atoms with Gasteiger partial charge in [-0.2, -0.15) is 0 Å². The van der Waals surface area contributed by atoms with Gasteiger partial charge in [-0.3, -0.25) is 14.2 Å². The molecular weight excluding hydrogens is 414 g/mol. The number of pyridine rings is 1. The van der Waals surface area contributed by atoms with E-state index in [1.54, 1.807) is 12.4 Å². The molecule has 4 saturated carbocycles. The number of hydrogen-bond acceptors (Lipinski definition) is 4. The summed E-state index contributed by atoms with van der Waals surface area (Å²) in [5.41, 5.74) is 0.674. The van der Waals surface area contributed by atoms with Crippen molar-refractivity contribution in [3.63, 3.8) is 0 Å². The summed E-state index contributed by atoms with van der Waals surface area (Å²) in [4.78, 5) is 35.2. The van der Waals surface area contributed by atoms with Gasteiger partial charge in [0.05, 0.1) is 0 Å². The second-order valence-corrected chi connectivity index (χ2v) is 11.0. The minimum Gasteiger partial charge on any atom is -0.350 e. The van der Waals surface area contributed by atoms with Crippen LogP contribution in [0.2, 0.25) is 0 Å². The van der Waals surface area contributed by atoms with Crippen LogP contribution in [-0.4, -0.2) is 32.4 Å². The minimum absolute atomic E-state index is 0.0209. The highest BCUT2D eigenvalue weighted by Gasteiger charge is 2.55. The largest absolute Gasteiger partial charge is 0.350 e. The molecule has 0 radical (unpaired) electrons. The number of hydrogen-bond donors (Lipinski definition) is 2. The second-order valence-electron chi connectivity index (χ2n) is 11.0. The Bertz CT molecular complexity index is 990. The highest BCUT2D eigenvalue weighted by atomic mass is 16.2. The fourth-order valence-corrected chi connectivity index (χ4v) is 6.80. The molecule has 4 bridgehead atoms. The molecule has 4 aliphatic carbocycles. The van der Waals surface area contributed by atoms with Gasteiger partial charge in [-0.15, -0.1) is 0 Å². The zero-order valence-electron chi connectivity index (χ0n) is 19.9. The Morgan fingerprint density at radius 1 is 1.09 bits per heavy atom. The quantitative estimate of drug-likeness (QED) is 0.677. The molecule has 2 heterocycles. The van der Waals surface area contributed by atoms with Crippen LogP contribution in [0.5, 0.6) is 0 Å². The fourth-order valence-electron chi connectivity index (χ4n) is 6.80. The van der Waals surface area contributed by atoms with Crippen LogP contribution in [0.4, 0.5) is 0 Å². The van der Waals surface area contributed by atoms with Crippen molar-refractivity contribution in [2.24, 2.45) is 29.1 Å². The summed E-state index contributed by atoms with van der Waals surface area (Å²) < 4.78 is 1.91. The van der Waals surface area contributed by atoms with E-state index in [4.69, 9.17) is 0 Å². The van der Waals surface area contributed by atoms with Gasteiger partial charge in [0.1, 0.15) is 17.7 Å². The molecule has 0 spiro atoms. The van der Waals surface area contributed by atoms with Crippen molar-refractivity contribution in [1.29, 1.82) is 0 Å². The maximum absolute atomic E-state index is 13.5. The molecule has 176 valence electrons. The Balaban J connectivity index is 1.20. The monoisotopic (exact) mass is 449 g/mol. The summed E-state index contributed by atoms with van der Waals surface area (Å²) in [7, 11) is 0. The van der Waals surface area contributed by atoms with Crippen LogP contribution in [0, 0.1) is 36.0 Å². The summed E-state index contributed by atoms with van der Waals surface area (Å²) in [6.45, 7) is 6.30. The number of amides is 2. The van der Waals surface area contributed by atoms with Crippen LogP contribution in [0.1, 0.15) is 63.8 Å². The average molecular weight is 450 g/mol. The molecule has 6 rings (SSSR count). The highest BCUT2D eigenvalue weighted by molar-refractivity contribution is 5.90. The summed E-state index contributed by atoms with van der Waals surface area (Å²) in [6.07, 6.45) is 12.3. The first-order chi connectivity index (χ1) is 15.8. The number of nitrogens with zero attached hydrogens (tertiary/aromatic N) is 3. The summed E-state index contributed by atoms with van der Waals surface area (Å²) in [5, 5.41) is 6.18. The summed E-state index contributed by atoms with van der Waals surface area (Å²) >= 11 is 0. The normalized spacial score (nSPS) is 28.7. The topological polar surface area (TPSA) is 88.9 Å². The molecule has 0 aliphatic heterocycles. The van der Waals surface area contributed by atoms with Crippen LogP contribution in [0.25, 0.3) is 5.82 Å². The third kappa shape index (κ3) is 4.30. The van der Waals surface area contributed by atoms with Crippen LogP contribution in [-0.2, 0) is 16.1 Å². The predicted octanol–water partition coefficient (Wildman–Crippen LogP) is 3.55. The molecule has 2 aromatic heterocycles. The van der Waals surface area contributed by atoms with E-state index < -0.39 is 6.04 Å². The van der Waals surface area contributed by atoms with Gasteiger partial charge >= 0.3 is 0 Å². The molecule has 7 heteroatoms. The molecule has 2 amide bonds. The lowest BCUT2D eigenvalue weighted by atomic mass is 9.49. The minimum atomic E-state index is -0.522. The third-order valence-corrected chi connectivity index (χ3v) is 8.10. The predicted molar refractivity (Wildman–Crippen MR) is 125 cm³/mol. The van der Waals surface area contributed by atoms with Gasteiger partial charge in [0.25, 0.3) is 0 Å². The van der Waals surface area contributed by atoms with Gasteiger partial charge < -0.3 is 10.6 Å². The van der Waals surface area contributed by atoms with Gasteiger partial charge in [0.2, 0.25) is 11.8 Å². The third-order valence-electron chi connectivity index (χ3n) is 8.10. The Hall–Kier alpha value is -2.70. The lowest BCUT2D eigenvalue weighted by molar-refractivity contribution is -0.149. The van der Waals surface area contributed by atoms with E-state index in [0.717, 1.165) is 36.5 Å². The molecule has 0 saturated heterocycles. The van der Waals surface area contributed by atoms with Gasteiger partial charge in [0, 0.05) is 30.6 Å². The van der Waals surface area contributed by atoms with Gasteiger partial charge in [0.15, 0.2) is 0 Å². The van der Waals surface area contributed by atoms with E-state index in [1.165, 1.54) is 19.3 Å². The van der Waals surface area contributed by atoms with E-state index in [1.807, 2.05) is 43.7 Å². The highest BCUT2D eigenvalue weighted by Crippen LogP contribution is 2.60. The molecule has 33 heavy (non-hydrogen) atoms. The lowest BCUT2D eigenvalue weighted by Gasteiger charge is -2.55. The van der Waals surface area contributed by atoms with Crippen molar-refractivity contribution < 1.29 is 9.59 Å². The van der Waals surface area contributed by atoms with E-state index in [2.05, 4.69) is 20.6 Å². The summed E-state index contributed by atoms with van der Waals surface area (Å²) in [6, 6.07) is 3.36. The van der Waals surface area contributed by atoms with Crippen molar-refractivity contribution in [2.45, 2.75) is 71.9 Å². The fraction of sp³-hybridized carbons (Fsp3) is 0.615. The Labute approximate surface area is 195 Å². The van der Waals surface area contributed by atoms with Gasteiger partial charge in [-0.25, -0.2) is 9.97 Å². The van der Waals surface area contributed by atoms with Crippen LogP contribution in [0.3, 0.4) is 0 Å². The van der Waals surface area contributed by atoms with Crippen molar-refractivity contribution in [3.05, 3.63) is 42.1 Å². The molecule has 2 N–H and O–H groups in total. The number of aryl methyl sites for hydroxylation is 1. The number of nitrogens with one attached hydrogen (secondary N) is 2. The smallest absolute Gasteiger partial charge is 0.243 e. The molecule has 4 aliphatic rings. The standard InChI is InChI=1S/C26H35N5O2/c1-16(2)23(30-25(33)26-11-19-8-20(12-26)10-21(9-19)13-26)24(32)29-15-18-4-5-22(28-14-18)31-7-6-27-17(31)3/h4-7,14,16,19-21,23H,8-13,15H2,1-3H3,(H,29,32)(H,30,33)/t19?,20?,21?,23-,26?/m1/s1. The van der Waals surface area contributed by atoms with Gasteiger partial charge in [-0.1, -0.05) is 19.9 Å². The van der Waals surface area contributed by atoms with Crippen molar-refractivity contribution >= 4 is 11.8 Å². The Kier molecular flexibility index (Phi) is 5.75. The molecule has 1 atom stereocenters. The number of carbonyl (C=O) groups is 2. The molecule has 4 fully saturated rings. The number of rotatable bonds is 7. The maximum atomic E-state index is 13.5. The van der Waals surface area contributed by atoms with E-state index in [-0.39, 0.29) is 23.1 Å². The van der Waals surface area contributed by atoms with Crippen molar-refractivity contribution in [1.82, 2.24) is 25.2 Å². The number of imidazole rings is 1. The molecular formula is C26H35N5O2. The molecule has 2 aromatic rings. The second kappa shape index (κ2) is 8.58. The van der Waals surface area contributed by atoms with E-state index in [0.29, 0.717) is 24.3 Å². The Morgan fingerprint density at radius 3 is 2.27 bits per heavy atom. The number of aromatic nitrogens is 3. The lowest BCUT2D eigenvalue weighted by Crippen LogP contribution is -2.58. The molecule has 0 aromatic carbocycles. The number of carbonyl (C=O) groups excluding carboxylic acids is 2. The first-order valence-corrected chi connectivity index (χ1v) is 12.4. The zero-order valence-corrected chi connectivity index (χ0v) is 19.9. The molecule has 7 nitrogen and oxygen atoms in total. The van der Waals surface area contributed by atoms with Crippen LogP contribution >= 0.6 is 0 Å². The molecule has 0 unspecified atom stereocenters. The maximum Gasteiger partial charge on any atom is 0.243 e. The van der Waals surface area contributed by atoms with Crippen LogP contribution in [0.15, 0.2) is 30.7 Å². The summed E-state index contributed by atoms with van der Waals surface area (Å²) in [5.74, 6) is 3.78. The SMILES string of the molecule is Cc1nccn1-c1ccc(CNC(=O)[C@H](NC(=O)C23CC4CC(CC(C4)C2)C3)C(C)C)cn1. The average Bonchev–Trinajstić information content (AvgIpc) is 3.20. The van der Waals surface area contributed by atoms with Crippen LogP contribution < -0.4 is 10.6 Å². The van der Waals surface area contributed by atoms with E-state index in [9.17, 15) is 9.59 Å². The van der Waals surface area contributed by atoms with Gasteiger partial charge in [-0.05, 0) is 80.8 Å². The Morgan fingerprint density at radius 2 is 1.76 bits per heavy atom. The first kappa shape index (κ1) is 22.1. The van der Waals surface area contributed by atoms with Crippen molar-refractivity contribution in [2.75, 3.05) is 0 Å². The first-order valence-electron chi connectivity index (χ1n) is 12.4. The van der Waals surface area contributed by atoms with E-state index >= 15 is 0 Å². The zero-order chi connectivity index (χ0) is 23.2.